The maximum atomic E-state index is 13.2. The summed E-state index contributed by atoms with van der Waals surface area (Å²) in [5.41, 5.74) is 0.945. The molecule has 0 spiro atoms. The van der Waals surface area contributed by atoms with E-state index < -0.39 is 6.29 Å². The van der Waals surface area contributed by atoms with E-state index in [1.807, 2.05) is 6.07 Å². The molecule has 0 aromatic carbocycles. The van der Waals surface area contributed by atoms with Crippen LogP contribution >= 0.6 is 0 Å². The van der Waals surface area contributed by atoms with Gasteiger partial charge in [-0.25, -0.2) is 0 Å². The monoisotopic (exact) mass is 276 g/mol. The molecule has 0 fully saturated rings. The van der Waals surface area contributed by atoms with Gasteiger partial charge in [-0.2, -0.15) is 5.26 Å². The molecule has 0 radical (unpaired) electrons. The third-order valence-corrected chi connectivity index (χ3v) is 2.54. The van der Waals surface area contributed by atoms with Crippen LogP contribution < -0.4 is 0 Å². The molecule has 0 bridgehead atoms. The van der Waals surface area contributed by atoms with Crippen molar-refractivity contribution in [1.29, 1.82) is 5.26 Å². The highest BCUT2D eigenvalue weighted by atomic mass is 19.3. The second-order valence-corrected chi connectivity index (χ2v) is 3.78. The number of nitriles is 1. The fourth-order valence-corrected chi connectivity index (χ4v) is 1.77. The number of allylic oxidation sites excluding steroid dienone is 4. The minimum atomic E-state index is -3.76. The number of H-pyrrole nitrogens is 1. The van der Waals surface area contributed by atoms with Crippen molar-refractivity contribution in [2.45, 2.75) is 6.29 Å². The zero-order valence-electron chi connectivity index (χ0n) is 10.3. The minimum absolute atomic E-state index is 0.194. The average molecular weight is 276 g/mol. The zero-order valence-corrected chi connectivity index (χ0v) is 10.3. The lowest BCUT2D eigenvalue weighted by Gasteiger charge is -2.09. The second kappa shape index (κ2) is 5.05. The van der Waals surface area contributed by atoms with Gasteiger partial charge in [0.05, 0.1) is 5.56 Å². The highest BCUT2D eigenvalue weighted by molar-refractivity contribution is 5.82. The topological polar surface area (TPSA) is 58.0 Å². The Bertz CT molecular complexity index is 663. The molecule has 20 heavy (non-hydrogen) atoms. The first-order chi connectivity index (χ1) is 9.52. The molecular formula is C14H10F2N2O2. The quantitative estimate of drug-likeness (QED) is 0.857. The van der Waals surface area contributed by atoms with Crippen LogP contribution in [0.3, 0.4) is 0 Å². The average Bonchev–Trinajstić information content (AvgIpc) is 2.99. The van der Waals surface area contributed by atoms with Crippen LogP contribution in [-0.2, 0) is 9.47 Å². The molecule has 2 rings (SSSR count). The highest BCUT2D eigenvalue weighted by Gasteiger charge is 2.45. The molecule has 0 aliphatic carbocycles. The van der Waals surface area contributed by atoms with Crippen molar-refractivity contribution in [1.82, 2.24) is 4.98 Å². The first kappa shape index (κ1) is 13.6. The molecule has 1 N–H and O–H groups in total. The van der Waals surface area contributed by atoms with Crippen molar-refractivity contribution >= 4 is 5.57 Å². The van der Waals surface area contributed by atoms with Crippen LogP contribution in [0.2, 0.25) is 0 Å². The van der Waals surface area contributed by atoms with Crippen molar-refractivity contribution < 1.29 is 18.3 Å². The minimum Gasteiger partial charge on any atom is -0.395 e. The molecule has 1 aromatic rings. The Balaban J connectivity index is 2.56. The van der Waals surface area contributed by atoms with Gasteiger partial charge in [-0.15, -0.1) is 8.78 Å². The van der Waals surface area contributed by atoms with Crippen LogP contribution in [0.5, 0.6) is 0 Å². The van der Waals surface area contributed by atoms with Crippen LogP contribution in [-0.4, -0.2) is 11.3 Å². The van der Waals surface area contributed by atoms with Crippen LogP contribution in [0.15, 0.2) is 55.3 Å². The van der Waals surface area contributed by atoms with Gasteiger partial charge in [-0.3, -0.25) is 0 Å². The Morgan fingerprint density at radius 3 is 2.70 bits per heavy atom. The van der Waals surface area contributed by atoms with Crippen LogP contribution in [0, 0.1) is 11.3 Å². The lowest BCUT2D eigenvalue weighted by Crippen LogP contribution is -2.16. The Morgan fingerprint density at radius 2 is 2.10 bits per heavy atom. The highest BCUT2D eigenvalue weighted by Crippen LogP contribution is 2.41. The van der Waals surface area contributed by atoms with Gasteiger partial charge < -0.3 is 14.5 Å². The van der Waals surface area contributed by atoms with E-state index in [0.29, 0.717) is 5.56 Å². The summed E-state index contributed by atoms with van der Waals surface area (Å²) in [5.74, 6) is -0.394. The van der Waals surface area contributed by atoms with E-state index in [1.54, 1.807) is 0 Å². The number of rotatable bonds is 4. The Morgan fingerprint density at radius 1 is 1.35 bits per heavy atom. The molecule has 0 unspecified atom stereocenters. The Labute approximate surface area is 113 Å². The van der Waals surface area contributed by atoms with E-state index >= 15 is 0 Å². The van der Waals surface area contributed by atoms with E-state index in [1.165, 1.54) is 24.5 Å². The molecule has 4 nitrogen and oxygen atoms in total. The molecule has 6 heteroatoms. The van der Waals surface area contributed by atoms with Crippen molar-refractivity contribution in [2.75, 3.05) is 0 Å². The van der Waals surface area contributed by atoms with Gasteiger partial charge in [0.1, 0.15) is 6.07 Å². The molecule has 0 amide bonds. The summed E-state index contributed by atoms with van der Waals surface area (Å²) < 4.78 is 35.2. The molecule has 1 aliphatic heterocycles. The standard InChI is InChI=1S/C14H10F2N2O2/c1-3-5-10(11-8-18-7-9(11)6-17)13-12(4-2)19-14(15,16)20-13/h3-5,7-8,18H,1-2H2/b10-5-. The first-order valence-electron chi connectivity index (χ1n) is 5.55. The summed E-state index contributed by atoms with van der Waals surface area (Å²) in [7, 11) is 0. The molecule has 1 aromatic heterocycles. The summed E-state index contributed by atoms with van der Waals surface area (Å²) >= 11 is 0. The van der Waals surface area contributed by atoms with E-state index in [9.17, 15) is 8.78 Å². The summed E-state index contributed by atoms with van der Waals surface area (Å²) in [6.07, 6.45) is 3.16. The van der Waals surface area contributed by atoms with E-state index in [4.69, 9.17) is 5.26 Å². The number of nitrogens with zero attached hydrogens (tertiary/aromatic N) is 1. The summed E-state index contributed by atoms with van der Waals surface area (Å²) in [5, 5.41) is 9.01. The van der Waals surface area contributed by atoms with Gasteiger partial charge in [0.2, 0.25) is 0 Å². The SMILES string of the molecule is C=C/C=C(\C1=C(C=C)OC(F)(F)O1)c1c[nH]cc1C#N. The number of aromatic nitrogens is 1. The molecular weight excluding hydrogens is 266 g/mol. The normalized spacial score (nSPS) is 17.1. The third-order valence-electron chi connectivity index (χ3n) is 2.54. The number of ether oxygens (including phenoxy) is 2. The van der Waals surface area contributed by atoms with Crippen molar-refractivity contribution in [2.24, 2.45) is 0 Å². The lowest BCUT2D eigenvalue weighted by molar-refractivity contribution is -0.334. The van der Waals surface area contributed by atoms with Gasteiger partial charge in [0, 0.05) is 23.5 Å². The number of aromatic amines is 1. The number of hydrogen-bond donors (Lipinski definition) is 1. The second-order valence-electron chi connectivity index (χ2n) is 3.78. The van der Waals surface area contributed by atoms with Crippen molar-refractivity contribution in [3.63, 3.8) is 0 Å². The lowest BCUT2D eigenvalue weighted by atomic mass is 10.0. The van der Waals surface area contributed by atoms with E-state index in [-0.39, 0.29) is 22.7 Å². The Hall–Kier alpha value is -2.81. The summed E-state index contributed by atoms with van der Waals surface area (Å²) in [6, 6.07) is 1.95. The number of alkyl halides is 2. The van der Waals surface area contributed by atoms with E-state index in [2.05, 4.69) is 27.6 Å². The maximum Gasteiger partial charge on any atom is 0.586 e. The van der Waals surface area contributed by atoms with Gasteiger partial charge in [-0.1, -0.05) is 25.3 Å². The van der Waals surface area contributed by atoms with Crippen molar-refractivity contribution in [3.8, 4) is 6.07 Å². The smallest absolute Gasteiger partial charge is 0.395 e. The van der Waals surface area contributed by atoms with E-state index in [0.717, 1.165) is 6.08 Å². The van der Waals surface area contributed by atoms with Gasteiger partial charge in [-0.05, 0) is 6.08 Å². The summed E-state index contributed by atoms with van der Waals surface area (Å²) in [6.45, 7) is 6.93. The predicted octanol–water partition coefficient (Wildman–Crippen LogP) is 3.45. The van der Waals surface area contributed by atoms with Crippen LogP contribution in [0.1, 0.15) is 11.1 Å². The third kappa shape index (κ3) is 2.34. The largest absolute Gasteiger partial charge is 0.586 e. The van der Waals surface area contributed by atoms with Gasteiger partial charge >= 0.3 is 6.29 Å². The fourth-order valence-electron chi connectivity index (χ4n) is 1.77. The first-order valence-corrected chi connectivity index (χ1v) is 5.55. The van der Waals surface area contributed by atoms with Crippen molar-refractivity contribution in [3.05, 3.63) is 66.4 Å². The predicted molar refractivity (Wildman–Crippen MR) is 68.0 cm³/mol. The molecule has 1 aliphatic rings. The molecule has 0 atom stereocenters. The maximum absolute atomic E-state index is 13.2. The fraction of sp³-hybridized carbons (Fsp3) is 0.0714. The molecule has 102 valence electrons. The van der Waals surface area contributed by atoms with Crippen LogP contribution in [0.4, 0.5) is 8.78 Å². The van der Waals surface area contributed by atoms with Gasteiger partial charge in [0.25, 0.3) is 0 Å². The number of halogens is 2. The van der Waals surface area contributed by atoms with Gasteiger partial charge in [0.15, 0.2) is 11.5 Å². The zero-order chi connectivity index (χ0) is 14.8. The summed E-state index contributed by atoms with van der Waals surface area (Å²) in [4.78, 5) is 2.74. The Kier molecular flexibility index (Phi) is 3.44. The molecule has 0 saturated heterocycles. The molecule has 0 saturated carbocycles. The molecule has 2 heterocycles. The van der Waals surface area contributed by atoms with Crippen LogP contribution in [0.25, 0.3) is 5.57 Å². The number of hydrogen-bond acceptors (Lipinski definition) is 3. The number of nitrogens with one attached hydrogen (secondary N) is 1.